The fourth-order valence-electron chi connectivity index (χ4n) is 5.95. The first kappa shape index (κ1) is 24.4. The first-order valence-electron chi connectivity index (χ1n) is 12.3. The average Bonchev–Trinajstić information content (AvgIpc) is 2.78. The second-order valence-corrected chi connectivity index (χ2v) is 9.94. The van der Waals surface area contributed by atoms with E-state index in [-0.39, 0.29) is 17.2 Å². The third kappa shape index (κ3) is 3.47. The Hall–Kier alpha value is -2.22. The second-order valence-electron chi connectivity index (χ2n) is 9.94. The lowest BCUT2D eigenvalue weighted by atomic mass is 9.57. The molecule has 1 aromatic carbocycles. The van der Waals surface area contributed by atoms with Crippen molar-refractivity contribution in [3.05, 3.63) is 70.8 Å². The lowest BCUT2D eigenvalue weighted by Gasteiger charge is -2.47. The van der Waals surface area contributed by atoms with E-state index in [9.17, 15) is 0 Å². The van der Waals surface area contributed by atoms with Crippen LogP contribution < -0.4 is 0 Å². The van der Waals surface area contributed by atoms with E-state index in [0.29, 0.717) is 12.3 Å². The molecule has 2 aromatic rings. The van der Waals surface area contributed by atoms with Crippen molar-refractivity contribution in [1.82, 2.24) is 4.98 Å². The Morgan fingerprint density at radius 1 is 1.25 bits per heavy atom. The minimum atomic E-state index is -0.400. The number of nitrogens with zero attached hydrogens (tertiary/aromatic N) is 1. The molecule has 2 aliphatic carbocycles. The molecule has 32 heavy (non-hydrogen) atoms. The molecular weight excluding hydrogens is 393 g/mol. The van der Waals surface area contributed by atoms with E-state index in [2.05, 4.69) is 78.8 Å². The van der Waals surface area contributed by atoms with Gasteiger partial charge >= 0.3 is 0 Å². The summed E-state index contributed by atoms with van der Waals surface area (Å²) in [7, 11) is 0. The van der Waals surface area contributed by atoms with Crippen LogP contribution in [0.15, 0.2) is 54.0 Å². The summed E-state index contributed by atoms with van der Waals surface area (Å²) in [5, 5.41) is 2.45. The van der Waals surface area contributed by atoms with E-state index in [0.717, 1.165) is 23.3 Å². The maximum atomic E-state index is 15.6. The minimum Gasteiger partial charge on any atom is -0.256 e. The standard InChI is InChI=1S/C28H34FN.C2H6/c1-8-15-28(7,18(4)9-2)21-12-13-22(29)25-24(21)26-23-19(14-16-30-26)17(3)10-11-20(23)27(25,5)6;1-2/h8,10-11,13-16,18,21H,9,12H2,1-7H3;1-2H3. The van der Waals surface area contributed by atoms with Crippen LogP contribution >= 0.6 is 0 Å². The van der Waals surface area contributed by atoms with Gasteiger partial charge in [0.15, 0.2) is 0 Å². The lowest BCUT2D eigenvalue weighted by molar-refractivity contribution is 0.197. The molecule has 2 aliphatic rings. The fourth-order valence-corrected chi connectivity index (χ4v) is 5.95. The largest absolute Gasteiger partial charge is 0.256 e. The van der Waals surface area contributed by atoms with Crippen LogP contribution in [0.1, 0.15) is 85.1 Å². The van der Waals surface area contributed by atoms with Crippen LogP contribution in [0.5, 0.6) is 0 Å². The van der Waals surface area contributed by atoms with Gasteiger partial charge in [0.1, 0.15) is 5.83 Å². The molecule has 0 N–H and O–H groups in total. The van der Waals surface area contributed by atoms with Gasteiger partial charge in [-0.15, -0.1) is 0 Å². The van der Waals surface area contributed by atoms with Crippen LogP contribution in [-0.2, 0) is 5.41 Å². The molecule has 172 valence electrons. The van der Waals surface area contributed by atoms with Crippen molar-refractivity contribution >= 4 is 16.3 Å². The monoisotopic (exact) mass is 433 g/mol. The Bertz CT molecular complexity index is 1100. The van der Waals surface area contributed by atoms with Gasteiger partial charge in [-0.25, -0.2) is 4.39 Å². The number of aromatic nitrogens is 1. The maximum absolute atomic E-state index is 15.6. The van der Waals surface area contributed by atoms with E-state index < -0.39 is 5.41 Å². The first-order valence-corrected chi connectivity index (χ1v) is 12.3. The summed E-state index contributed by atoms with van der Waals surface area (Å²) in [5.74, 6) is 0.607. The zero-order valence-electron chi connectivity index (χ0n) is 21.4. The average molecular weight is 434 g/mol. The van der Waals surface area contributed by atoms with Gasteiger partial charge in [0.25, 0.3) is 0 Å². The highest BCUT2D eigenvalue weighted by molar-refractivity contribution is 6.02. The zero-order valence-corrected chi connectivity index (χ0v) is 21.4. The van der Waals surface area contributed by atoms with Gasteiger partial charge in [-0.2, -0.15) is 0 Å². The number of benzene rings is 1. The van der Waals surface area contributed by atoms with Crippen LogP contribution in [0, 0.1) is 24.2 Å². The number of pyridine rings is 1. The summed E-state index contributed by atoms with van der Waals surface area (Å²) >= 11 is 0. The van der Waals surface area contributed by atoms with Crippen molar-refractivity contribution in [2.45, 2.75) is 80.6 Å². The molecule has 3 unspecified atom stereocenters. The third-order valence-electron chi connectivity index (χ3n) is 8.04. The highest BCUT2D eigenvalue weighted by Gasteiger charge is 2.47. The van der Waals surface area contributed by atoms with Crippen LogP contribution in [0.3, 0.4) is 0 Å². The molecule has 4 rings (SSSR count). The summed E-state index contributed by atoms with van der Waals surface area (Å²) in [6.45, 7) is 19.5. The number of aryl methyl sites for hydroxylation is 1. The van der Waals surface area contributed by atoms with Crippen LogP contribution in [0.4, 0.5) is 4.39 Å². The molecule has 0 amide bonds. The van der Waals surface area contributed by atoms with Crippen LogP contribution in [0.2, 0.25) is 0 Å². The molecule has 3 atom stereocenters. The van der Waals surface area contributed by atoms with Gasteiger partial charge < -0.3 is 0 Å². The van der Waals surface area contributed by atoms with Gasteiger partial charge in [-0.05, 0) is 71.7 Å². The molecule has 0 bridgehead atoms. The maximum Gasteiger partial charge on any atom is 0.123 e. The Morgan fingerprint density at radius 2 is 1.94 bits per heavy atom. The summed E-state index contributed by atoms with van der Waals surface area (Å²) in [4.78, 5) is 4.90. The first-order chi connectivity index (χ1) is 15.2. The van der Waals surface area contributed by atoms with Gasteiger partial charge in [0.2, 0.25) is 0 Å². The fraction of sp³-hybridized carbons (Fsp3) is 0.500. The Labute approximate surface area is 194 Å². The molecule has 1 nitrogen and oxygen atoms in total. The number of halogens is 1. The van der Waals surface area contributed by atoms with Crippen molar-refractivity contribution in [1.29, 1.82) is 0 Å². The number of allylic oxidation sites excluding steroid dienone is 6. The molecule has 0 aliphatic heterocycles. The van der Waals surface area contributed by atoms with Crippen molar-refractivity contribution < 1.29 is 4.39 Å². The summed E-state index contributed by atoms with van der Waals surface area (Å²) in [6.07, 6.45) is 10.1. The highest BCUT2D eigenvalue weighted by atomic mass is 19.1. The van der Waals surface area contributed by atoms with Crippen molar-refractivity contribution in [3.8, 4) is 0 Å². The lowest BCUT2D eigenvalue weighted by Crippen LogP contribution is -2.38. The van der Waals surface area contributed by atoms with E-state index >= 15 is 4.39 Å². The van der Waals surface area contributed by atoms with E-state index in [1.807, 2.05) is 26.1 Å². The molecule has 1 heterocycles. The highest BCUT2D eigenvalue weighted by Crippen LogP contribution is 2.58. The number of fused-ring (bicyclic) bond motifs is 1. The second kappa shape index (κ2) is 8.96. The quantitative estimate of drug-likeness (QED) is 0.438. The SMILES string of the molecule is CC.CC=CC(C)(C(C)CC)C1CC=C(F)C2=C1c1nccc3c(C)ccc(c13)C2(C)C. The molecule has 1 aromatic heterocycles. The summed E-state index contributed by atoms with van der Waals surface area (Å²) in [6, 6.07) is 6.46. The van der Waals surface area contributed by atoms with Gasteiger partial charge in [0, 0.05) is 22.6 Å². The molecule has 2 heteroatoms. The molecule has 0 spiro atoms. The van der Waals surface area contributed by atoms with E-state index in [1.54, 1.807) is 0 Å². The molecular formula is C30H40FN. The molecule has 0 radical (unpaired) electrons. The Kier molecular flexibility index (Phi) is 6.84. The van der Waals surface area contributed by atoms with Gasteiger partial charge in [-0.3, -0.25) is 4.98 Å². The molecule has 0 fully saturated rings. The molecule has 0 saturated heterocycles. The van der Waals surface area contributed by atoms with E-state index in [1.165, 1.54) is 21.9 Å². The minimum absolute atomic E-state index is 0.0664. The number of hydrogen-bond acceptors (Lipinski definition) is 1. The predicted molar refractivity (Wildman–Crippen MR) is 137 cm³/mol. The van der Waals surface area contributed by atoms with Crippen molar-refractivity contribution in [2.24, 2.45) is 17.3 Å². The third-order valence-corrected chi connectivity index (χ3v) is 8.04. The van der Waals surface area contributed by atoms with Crippen LogP contribution in [0.25, 0.3) is 16.3 Å². The molecule has 0 saturated carbocycles. The van der Waals surface area contributed by atoms with Crippen molar-refractivity contribution in [3.63, 3.8) is 0 Å². The Morgan fingerprint density at radius 3 is 2.56 bits per heavy atom. The van der Waals surface area contributed by atoms with Gasteiger partial charge in [0.05, 0.1) is 5.69 Å². The summed E-state index contributed by atoms with van der Waals surface area (Å²) in [5.41, 5.74) is 4.93. The summed E-state index contributed by atoms with van der Waals surface area (Å²) < 4.78 is 15.6. The Balaban J connectivity index is 0.00000141. The van der Waals surface area contributed by atoms with Crippen LogP contribution in [-0.4, -0.2) is 4.98 Å². The zero-order chi connectivity index (χ0) is 23.8. The van der Waals surface area contributed by atoms with Gasteiger partial charge in [-0.1, -0.05) is 79.2 Å². The smallest absolute Gasteiger partial charge is 0.123 e. The number of hydrogen-bond donors (Lipinski definition) is 0. The topological polar surface area (TPSA) is 12.9 Å². The predicted octanol–water partition coefficient (Wildman–Crippen LogP) is 9.12. The van der Waals surface area contributed by atoms with E-state index in [4.69, 9.17) is 4.98 Å². The number of rotatable bonds is 4. The van der Waals surface area contributed by atoms with Crippen molar-refractivity contribution in [2.75, 3.05) is 0 Å². The normalized spacial score (nSPS) is 22.1.